The molecule has 0 aliphatic carbocycles. The summed E-state index contributed by atoms with van der Waals surface area (Å²) in [5.74, 6) is -0.229. The highest BCUT2D eigenvalue weighted by atomic mass is 31.2. The minimum Gasteiger partial charge on any atom is -0.756 e. The van der Waals surface area contributed by atoms with Gasteiger partial charge in [0.1, 0.15) is 13.2 Å². The predicted octanol–water partition coefficient (Wildman–Crippen LogP) is 13.9. The van der Waals surface area contributed by atoms with Crippen LogP contribution in [0.2, 0.25) is 0 Å². The van der Waals surface area contributed by atoms with Crippen LogP contribution in [-0.2, 0) is 18.4 Å². The number of carbonyl (C=O) groups is 1. The molecule has 0 bridgehead atoms. The number of unbranched alkanes of at least 4 members (excludes halogenated alkanes) is 19. The molecular weight excluding hydrogens is 792 g/mol. The molecule has 3 unspecified atom stereocenters. The quantitative estimate of drug-likeness (QED) is 0.0273. The number of hydrogen-bond donors (Lipinski definition) is 2. The number of quaternary nitrogens is 1. The van der Waals surface area contributed by atoms with Crippen molar-refractivity contribution in [2.75, 3.05) is 40.9 Å². The minimum absolute atomic E-state index is 0.0164. The second-order valence-electron chi connectivity index (χ2n) is 17.8. The molecule has 9 heteroatoms. The molecule has 0 aromatic rings. The van der Waals surface area contributed by atoms with E-state index >= 15 is 0 Å². The maximum atomic E-state index is 12.9. The van der Waals surface area contributed by atoms with Gasteiger partial charge in [0, 0.05) is 6.42 Å². The van der Waals surface area contributed by atoms with E-state index in [9.17, 15) is 19.4 Å². The van der Waals surface area contributed by atoms with Gasteiger partial charge in [-0.15, -0.1) is 0 Å². The zero-order valence-corrected chi connectivity index (χ0v) is 41.4. The highest BCUT2D eigenvalue weighted by Gasteiger charge is 2.23. The van der Waals surface area contributed by atoms with Gasteiger partial charge in [-0.2, -0.15) is 0 Å². The number of amides is 1. The summed E-state index contributed by atoms with van der Waals surface area (Å²) in [5, 5.41) is 13.8. The Hall–Kier alpha value is -2.32. The zero-order valence-electron chi connectivity index (χ0n) is 40.5. The number of carbonyl (C=O) groups excluding carboxylic acids is 1. The van der Waals surface area contributed by atoms with Crippen molar-refractivity contribution >= 4 is 13.7 Å². The van der Waals surface area contributed by atoms with Crippen molar-refractivity contribution in [2.45, 2.75) is 206 Å². The second kappa shape index (κ2) is 43.9. The lowest BCUT2D eigenvalue weighted by atomic mass is 10.1. The summed E-state index contributed by atoms with van der Waals surface area (Å²) < 4.78 is 23.2. The third-order valence-corrected chi connectivity index (χ3v) is 11.5. The lowest BCUT2D eigenvalue weighted by molar-refractivity contribution is -0.870. The Bertz CT molecular complexity index is 1280. The molecule has 1 amide bonds. The standard InChI is InChI=1S/C53H95N2O6P/c1-6-8-10-12-14-16-18-20-22-24-26-27-29-30-32-34-36-38-40-42-44-46-52(56)51(50-61-62(58,59)60-49-48-55(3,4)5)54-53(57)47-45-43-41-39-37-35-33-31-28-25-23-21-19-17-15-13-11-9-7-2/h9,11,15,17,21,23,28-31,36,38,44,46,51-52,56H,6-8,10,12-14,16,18-20,22,24-27,32-35,37,39-43,45,47-50H2,1-5H3,(H-,54,57,58,59)/b11-9-,17-15-,23-21-,30-29+,31-28-,38-36+,46-44+. The molecule has 0 aliphatic heterocycles. The van der Waals surface area contributed by atoms with Crippen LogP contribution in [0.25, 0.3) is 0 Å². The Labute approximate surface area is 382 Å². The molecule has 0 aromatic carbocycles. The van der Waals surface area contributed by atoms with Gasteiger partial charge in [0.05, 0.1) is 39.9 Å². The number of allylic oxidation sites excluding steroid dienone is 13. The number of likely N-dealkylation sites (N-methyl/N-ethyl adjacent to an activating group) is 1. The van der Waals surface area contributed by atoms with E-state index in [1.165, 1.54) is 83.5 Å². The largest absolute Gasteiger partial charge is 0.756 e. The molecule has 0 radical (unpaired) electrons. The van der Waals surface area contributed by atoms with E-state index in [-0.39, 0.29) is 12.5 Å². The Morgan fingerprint density at radius 3 is 1.50 bits per heavy atom. The van der Waals surface area contributed by atoms with E-state index in [4.69, 9.17) is 9.05 Å². The predicted molar refractivity (Wildman–Crippen MR) is 265 cm³/mol. The van der Waals surface area contributed by atoms with E-state index in [0.717, 1.165) is 89.9 Å². The van der Waals surface area contributed by atoms with Crippen LogP contribution in [0.1, 0.15) is 194 Å². The molecule has 0 aromatic heterocycles. The van der Waals surface area contributed by atoms with Crippen LogP contribution in [0, 0.1) is 0 Å². The number of aliphatic hydroxyl groups excluding tert-OH is 1. The summed E-state index contributed by atoms with van der Waals surface area (Å²) in [6, 6.07) is -0.922. The van der Waals surface area contributed by atoms with Crippen LogP contribution >= 0.6 is 7.82 Å². The van der Waals surface area contributed by atoms with E-state index in [2.05, 4.69) is 92.1 Å². The van der Waals surface area contributed by atoms with Crippen LogP contribution < -0.4 is 10.2 Å². The summed E-state index contributed by atoms with van der Waals surface area (Å²) in [5.41, 5.74) is 0. The SMILES string of the molecule is CC/C=C\C/C=C\C/C=C\C/C=C\CCCCCCCCC(=O)NC(COP(=O)([O-])OCC[N+](C)(C)C)C(O)/C=C/CC/C=C/CC/C=C/CCCCCCCCCCCCC. The molecule has 8 nitrogen and oxygen atoms in total. The molecule has 0 rings (SSSR count). The summed E-state index contributed by atoms with van der Waals surface area (Å²) in [7, 11) is 1.21. The second-order valence-corrected chi connectivity index (χ2v) is 19.2. The van der Waals surface area contributed by atoms with Gasteiger partial charge in [-0.1, -0.05) is 189 Å². The van der Waals surface area contributed by atoms with Crippen LogP contribution in [0.15, 0.2) is 85.1 Å². The molecule has 0 spiro atoms. The van der Waals surface area contributed by atoms with Crippen LogP contribution in [0.5, 0.6) is 0 Å². The van der Waals surface area contributed by atoms with E-state index in [1.54, 1.807) is 6.08 Å². The van der Waals surface area contributed by atoms with Crippen LogP contribution in [0.3, 0.4) is 0 Å². The third kappa shape index (κ3) is 45.7. The van der Waals surface area contributed by atoms with Gasteiger partial charge in [-0.3, -0.25) is 9.36 Å². The van der Waals surface area contributed by atoms with E-state index in [1.807, 2.05) is 27.2 Å². The van der Waals surface area contributed by atoms with Gasteiger partial charge < -0.3 is 28.8 Å². The van der Waals surface area contributed by atoms with Crippen molar-refractivity contribution in [3.63, 3.8) is 0 Å². The van der Waals surface area contributed by atoms with Crippen molar-refractivity contribution in [3.8, 4) is 0 Å². The van der Waals surface area contributed by atoms with Crippen molar-refractivity contribution < 1.29 is 32.9 Å². The minimum atomic E-state index is -4.61. The van der Waals surface area contributed by atoms with E-state index < -0.39 is 26.6 Å². The van der Waals surface area contributed by atoms with Gasteiger partial charge in [0.15, 0.2) is 0 Å². The molecule has 0 aliphatic rings. The Morgan fingerprint density at radius 1 is 0.581 bits per heavy atom. The fourth-order valence-electron chi connectivity index (χ4n) is 6.64. The molecule has 3 atom stereocenters. The molecule has 0 saturated carbocycles. The number of hydrogen-bond acceptors (Lipinski definition) is 6. The smallest absolute Gasteiger partial charge is 0.268 e. The molecule has 62 heavy (non-hydrogen) atoms. The first-order valence-electron chi connectivity index (χ1n) is 24.9. The number of rotatable bonds is 44. The van der Waals surface area contributed by atoms with Gasteiger partial charge in [-0.25, -0.2) is 0 Å². The summed E-state index contributed by atoms with van der Waals surface area (Å²) >= 11 is 0. The molecule has 0 fully saturated rings. The lowest BCUT2D eigenvalue weighted by Crippen LogP contribution is -2.45. The van der Waals surface area contributed by atoms with Crippen LogP contribution in [-0.4, -0.2) is 68.5 Å². The summed E-state index contributed by atoms with van der Waals surface area (Å²) in [4.78, 5) is 25.4. The molecular formula is C53H95N2O6P. The Kier molecular flexibility index (Phi) is 42.3. The van der Waals surface area contributed by atoms with Crippen molar-refractivity contribution in [1.29, 1.82) is 0 Å². The highest BCUT2D eigenvalue weighted by Crippen LogP contribution is 2.38. The average Bonchev–Trinajstić information content (AvgIpc) is 3.23. The summed E-state index contributed by atoms with van der Waals surface area (Å²) in [6.07, 6.45) is 60.7. The first-order valence-corrected chi connectivity index (χ1v) is 26.4. The molecule has 0 heterocycles. The first kappa shape index (κ1) is 59.7. The van der Waals surface area contributed by atoms with Gasteiger partial charge in [0.2, 0.25) is 5.91 Å². The highest BCUT2D eigenvalue weighted by molar-refractivity contribution is 7.45. The van der Waals surface area contributed by atoms with Gasteiger partial charge >= 0.3 is 0 Å². The fourth-order valence-corrected chi connectivity index (χ4v) is 7.37. The van der Waals surface area contributed by atoms with Crippen molar-refractivity contribution in [3.05, 3.63) is 85.1 Å². The molecule has 358 valence electrons. The topological polar surface area (TPSA) is 108 Å². The zero-order chi connectivity index (χ0) is 45.7. The number of phosphoric ester groups is 1. The summed E-state index contributed by atoms with van der Waals surface area (Å²) in [6.45, 7) is 4.48. The van der Waals surface area contributed by atoms with Crippen LogP contribution in [0.4, 0.5) is 0 Å². The monoisotopic (exact) mass is 887 g/mol. The van der Waals surface area contributed by atoms with Gasteiger partial charge in [0.25, 0.3) is 7.82 Å². The first-order chi connectivity index (χ1) is 30.0. The lowest BCUT2D eigenvalue weighted by Gasteiger charge is -2.29. The Morgan fingerprint density at radius 2 is 1.00 bits per heavy atom. The number of phosphoric acid groups is 1. The third-order valence-electron chi connectivity index (χ3n) is 10.6. The molecule has 2 N–H and O–H groups in total. The normalized spacial score (nSPS) is 14.9. The number of aliphatic hydroxyl groups is 1. The maximum Gasteiger partial charge on any atom is 0.268 e. The van der Waals surface area contributed by atoms with E-state index in [0.29, 0.717) is 17.4 Å². The fraction of sp³-hybridized carbons (Fsp3) is 0.717. The van der Waals surface area contributed by atoms with Gasteiger partial charge in [-0.05, 0) is 83.5 Å². The maximum absolute atomic E-state index is 12.9. The van der Waals surface area contributed by atoms with Crippen molar-refractivity contribution in [1.82, 2.24) is 5.32 Å². The number of nitrogens with one attached hydrogen (secondary N) is 1. The number of nitrogens with zero attached hydrogens (tertiary/aromatic N) is 1. The van der Waals surface area contributed by atoms with Crippen molar-refractivity contribution in [2.24, 2.45) is 0 Å². The average molecular weight is 887 g/mol. The molecule has 0 saturated heterocycles. The Balaban J connectivity index is 4.46.